The summed E-state index contributed by atoms with van der Waals surface area (Å²) in [6.45, 7) is 0. The SMILES string of the molecule is O=[N+]([O-])c1ccc(NS(=O)(=O)C(F)(F)F)c(Oc2ccc3ccccc3c2)c1. The quantitative estimate of drug-likeness (QED) is 0.479. The fourth-order valence-electron chi connectivity index (χ4n) is 2.35. The number of nitro benzene ring substituents is 1. The van der Waals surface area contributed by atoms with Gasteiger partial charge in [-0.3, -0.25) is 14.8 Å². The number of ether oxygens (including phenoxy) is 1. The molecule has 0 spiro atoms. The summed E-state index contributed by atoms with van der Waals surface area (Å²) in [5.41, 5.74) is -6.63. The number of rotatable bonds is 5. The van der Waals surface area contributed by atoms with Crippen molar-refractivity contribution in [2.24, 2.45) is 0 Å². The summed E-state index contributed by atoms with van der Waals surface area (Å²) in [7, 11) is -5.73. The van der Waals surface area contributed by atoms with Gasteiger partial charge in [0.15, 0.2) is 5.75 Å². The normalized spacial score (nSPS) is 12.0. The van der Waals surface area contributed by atoms with Gasteiger partial charge in [-0.1, -0.05) is 30.3 Å². The van der Waals surface area contributed by atoms with Gasteiger partial charge < -0.3 is 4.74 Å². The van der Waals surface area contributed by atoms with Crippen molar-refractivity contribution in [3.63, 3.8) is 0 Å². The molecule has 0 aliphatic carbocycles. The number of nitrogens with one attached hydrogen (secondary N) is 1. The number of anilines is 1. The molecule has 0 bridgehead atoms. The molecule has 3 rings (SSSR count). The van der Waals surface area contributed by atoms with Crippen molar-refractivity contribution in [1.82, 2.24) is 0 Å². The molecule has 3 aromatic carbocycles. The second kappa shape index (κ2) is 7.00. The van der Waals surface area contributed by atoms with Crippen LogP contribution in [0.15, 0.2) is 60.7 Å². The van der Waals surface area contributed by atoms with E-state index in [-0.39, 0.29) is 5.75 Å². The Kier molecular flexibility index (Phi) is 4.86. The number of nitrogens with zero attached hydrogens (tertiary/aromatic N) is 1. The highest BCUT2D eigenvalue weighted by Crippen LogP contribution is 2.36. The van der Waals surface area contributed by atoms with E-state index in [9.17, 15) is 31.7 Å². The Morgan fingerprint density at radius 2 is 1.64 bits per heavy atom. The predicted octanol–water partition coefficient (Wildman–Crippen LogP) is 4.80. The van der Waals surface area contributed by atoms with Crippen molar-refractivity contribution in [2.75, 3.05) is 4.72 Å². The average molecular weight is 412 g/mol. The van der Waals surface area contributed by atoms with Crippen LogP contribution in [0, 0.1) is 10.1 Å². The lowest BCUT2D eigenvalue weighted by Crippen LogP contribution is -2.30. The number of non-ortho nitro benzene ring substituents is 1. The zero-order chi connectivity index (χ0) is 20.5. The molecule has 3 aromatic rings. The van der Waals surface area contributed by atoms with Crippen molar-refractivity contribution < 1.29 is 31.2 Å². The van der Waals surface area contributed by atoms with E-state index in [4.69, 9.17) is 4.74 Å². The molecule has 0 saturated heterocycles. The standard InChI is InChI=1S/C17H11F3N2O5S/c18-17(19,20)28(25,26)21-15-8-6-13(22(23)24)10-16(15)27-14-7-5-11-3-1-2-4-12(11)9-14/h1-10,21H. The summed E-state index contributed by atoms with van der Waals surface area (Å²) in [5.74, 6) is -0.288. The first-order valence-corrected chi connectivity index (χ1v) is 9.09. The molecule has 0 unspecified atom stereocenters. The Morgan fingerprint density at radius 3 is 2.29 bits per heavy atom. The summed E-state index contributed by atoms with van der Waals surface area (Å²) in [6.07, 6.45) is 0. The van der Waals surface area contributed by atoms with Crippen LogP contribution in [0.4, 0.5) is 24.5 Å². The van der Waals surface area contributed by atoms with Crippen LogP contribution in [0.1, 0.15) is 0 Å². The van der Waals surface area contributed by atoms with Crippen molar-refractivity contribution in [2.45, 2.75) is 5.51 Å². The Labute approximate surface area is 156 Å². The molecule has 11 heteroatoms. The lowest BCUT2D eigenvalue weighted by atomic mass is 10.1. The van der Waals surface area contributed by atoms with Crippen molar-refractivity contribution in [3.8, 4) is 11.5 Å². The molecule has 0 saturated carbocycles. The van der Waals surface area contributed by atoms with Gasteiger partial charge in [0.05, 0.1) is 16.7 Å². The Morgan fingerprint density at radius 1 is 0.964 bits per heavy atom. The van der Waals surface area contributed by atoms with E-state index in [1.807, 2.05) is 12.1 Å². The molecule has 0 atom stereocenters. The van der Waals surface area contributed by atoms with Crippen LogP contribution in [-0.4, -0.2) is 18.8 Å². The van der Waals surface area contributed by atoms with Crippen LogP contribution in [-0.2, 0) is 10.0 Å². The third-order valence-electron chi connectivity index (χ3n) is 3.67. The number of benzene rings is 3. The number of hydrogen-bond donors (Lipinski definition) is 1. The maximum Gasteiger partial charge on any atom is 0.516 e. The van der Waals surface area contributed by atoms with Gasteiger partial charge in [-0.2, -0.15) is 21.6 Å². The molecule has 0 aliphatic rings. The second-order valence-corrected chi connectivity index (χ2v) is 7.27. The minimum Gasteiger partial charge on any atom is -0.455 e. The molecule has 0 aromatic heterocycles. The Bertz CT molecular complexity index is 1160. The summed E-state index contributed by atoms with van der Waals surface area (Å²) >= 11 is 0. The average Bonchev–Trinajstić information content (AvgIpc) is 2.61. The van der Waals surface area contributed by atoms with Crippen LogP contribution in [0.25, 0.3) is 10.8 Å². The maximum absolute atomic E-state index is 12.7. The number of fused-ring (bicyclic) bond motifs is 1. The molecule has 146 valence electrons. The highest BCUT2D eigenvalue weighted by molar-refractivity contribution is 7.93. The van der Waals surface area contributed by atoms with Gasteiger partial charge in [-0.05, 0) is 29.0 Å². The first-order valence-electron chi connectivity index (χ1n) is 7.61. The molecular formula is C17H11F3N2O5S. The van der Waals surface area contributed by atoms with E-state index in [0.717, 1.165) is 29.0 Å². The largest absolute Gasteiger partial charge is 0.516 e. The van der Waals surface area contributed by atoms with Gasteiger partial charge in [0.25, 0.3) is 5.69 Å². The van der Waals surface area contributed by atoms with Crippen LogP contribution in [0.3, 0.4) is 0 Å². The van der Waals surface area contributed by atoms with Gasteiger partial charge in [0.2, 0.25) is 0 Å². The van der Waals surface area contributed by atoms with Crippen LogP contribution in [0.2, 0.25) is 0 Å². The number of hydrogen-bond acceptors (Lipinski definition) is 5. The first-order chi connectivity index (χ1) is 13.1. The minimum atomic E-state index is -5.73. The summed E-state index contributed by atoms with van der Waals surface area (Å²) in [5, 5.41) is 12.6. The van der Waals surface area contributed by atoms with Crippen molar-refractivity contribution in [1.29, 1.82) is 0 Å². The molecule has 1 N–H and O–H groups in total. The minimum absolute atomic E-state index is 0.159. The molecule has 0 amide bonds. The summed E-state index contributed by atoms with van der Waals surface area (Å²) < 4.78 is 67.6. The van der Waals surface area contributed by atoms with E-state index in [0.29, 0.717) is 0 Å². The van der Waals surface area contributed by atoms with Crippen molar-refractivity contribution >= 4 is 32.2 Å². The zero-order valence-electron chi connectivity index (χ0n) is 13.8. The van der Waals surface area contributed by atoms with E-state index >= 15 is 0 Å². The fourth-order valence-corrected chi connectivity index (χ4v) is 2.93. The smallest absolute Gasteiger partial charge is 0.455 e. The van der Waals surface area contributed by atoms with E-state index < -0.39 is 37.6 Å². The molecule has 0 radical (unpaired) electrons. The zero-order valence-corrected chi connectivity index (χ0v) is 14.6. The highest BCUT2D eigenvalue weighted by Gasteiger charge is 2.46. The lowest BCUT2D eigenvalue weighted by Gasteiger charge is -2.15. The van der Waals surface area contributed by atoms with Crippen LogP contribution >= 0.6 is 0 Å². The third kappa shape index (κ3) is 3.98. The van der Waals surface area contributed by atoms with Crippen LogP contribution < -0.4 is 9.46 Å². The van der Waals surface area contributed by atoms with Gasteiger partial charge >= 0.3 is 15.5 Å². The number of halogens is 3. The molecule has 0 heterocycles. The van der Waals surface area contributed by atoms with Gasteiger partial charge in [0, 0.05) is 6.07 Å². The Hall–Kier alpha value is -3.34. The number of nitro groups is 1. The Balaban J connectivity index is 2.03. The summed E-state index contributed by atoms with van der Waals surface area (Å²) in [4.78, 5) is 10.2. The van der Waals surface area contributed by atoms with Crippen LogP contribution in [0.5, 0.6) is 11.5 Å². The predicted molar refractivity (Wildman–Crippen MR) is 95.7 cm³/mol. The van der Waals surface area contributed by atoms with E-state index in [2.05, 4.69) is 0 Å². The topological polar surface area (TPSA) is 98.5 Å². The lowest BCUT2D eigenvalue weighted by molar-refractivity contribution is -0.384. The second-order valence-electron chi connectivity index (χ2n) is 5.60. The van der Waals surface area contributed by atoms with Crippen molar-refractivity contribution in [3.05, 3.63) is 70.8 Å². The first kappa shape index (κ1) is 19.4. The molecular weight excluding hydrogens is 401 g/mol. The van der Waals surface area contributed by atoms with Gasteiger partial charge in [0.1, 0.15) is 5.75 Å². The van der Waals surface area contributed by atoms with E-state index in [1.54, 1.807) is 24.3 Å². The van der Waals surface area contributed by atoms with E-state index in [1.165, 1.54) is 10.8 Å². The monoisotopic (exact) mass is 412 g/mol. The fraction of sp³-hybridized carbons (Fsp3) is 0.0588. The molecule has 0 aliphatic heterocycles. The highest BCUT2D eigenvalue weighted by atomic mass is 32.2. The van der Waals surface area contributed by atoms with Gasteiger partial charge in [-0.15, -0.1) is 0 Å². The number of sulfonamides is 1. The summed E-state index contributed by atoms with van der Waals surface area (Å²) in [6, 6.07) is 14.5. The molecule has 7 nitrogen and oxygen atoms in total. The number of alkyl halides is 3. The van der Waals surface area contributed by atoms with Gasteiger partial charge in [-0.25, -0.2) is 0 Å². The maximum atomic E-state index is 12.7. The third-order valence-corrected chi connectivity index (χ3v) is 4.77. The molecule has 0 fully saturated rings. The molecule has 28 heavy (non-hydrogen) atoms.